The molecular formula is C18H23N7. The van der Waals surface area contributed by atoms with Crippen LogP contribution in [0.2, 0.25) is 0 Å². The zero-order chi connectivity index (χ0) is 17.8. The van der Waals surface area contributed by atoms with E-state index in [1.165, 1.54) is 0 Å². The standard InChI is InChI=1S/C18H23N7/c1-2-3-15-9-17(25-5-4-13(20)11-25)24-18(22-15)23-16-7-12(10-19)6-14(21)8-16/h6-9,13H,2-5,11,20-21H2,1H3,(H,22,23,24). The molecule has 1 aliphatic rings. The predicted octanol–water partition coefficient (Wildman–Crippen LogP) is 2.16. The number of nitriles is 1. The van der Waals surface area contributed by atoms with Gasteiger partial charge in [0.15, 0.2) is 0 Å². The lowest BCUT2D eigenvalue weighted by molar-refractivity contribution is 0.751. The molecule has 1 unspecified atom stereocenters. The monoisotopic (exact) mass is 337 g/mol. The fraction of sp³-hybridized carbons (Fsp3) is 0.389. The third-order valence-electron chi connectivity index (χ3n) is 4.16. The number of hydrogen-bond acceptors (Lipinski definition) is 7. The van der Waals surface area contributed by atoms with Gasteiger partial charge in [0.2, 0.25) is 5.95 Å². The summed E-state index contributed by atoms with van der Waals surface area (Å²) in [4.78, 5) is 11.4. The molecule has 1 saturated heterocycles. The Labute approximate surface area is 147 Å². The minimum Gasteiger partial charge on any atom is -0.399 e. The number of rotatable bonds is 5. The largest absolute Gasteiger partial charge is 0.399 e. The number of anilines is 4. The summed E-state index contributed by atoms with van der Waals surface area (Å²) in [5.41, 5.74) is 14.6. The van der Waals surface area contributed by atoms with Crippen LogP contribution >= 0.6 is 0 Å². The maximum absolute atomic E-state index is 9.10. The third kappa shape index (κ3) is 4.17. The highest BCUT2D eigenvalue weighted by molar-refractivity contribution is 5.64. The van der Waals surface area contributed by atoms with E-state index in [4.69, 9.17) is 16.7 Å². The molecule has 1 atom stereocenters. The summed E-state index contributed by atoms with van der Waals surface area (Å²) in [6, 6.07) is 9.46. The topological polar surface area (TPSA) is 117 Å². The highest BCUT2D eigenvalue weighted by Crippen LogP contribution is 2.24. The molecule has 2 aromatic rings. The number of nitrogen functional groups attached to an aromatic ring is 1. The summed E-state index contributed by atoms with van der Waals surface area (Å²) < 4.78 is 0. The lowest BCUT2D eigenvalue weighted by Gasteiger charge is -2.19. The fourth-order valence-corrected chi connectivity index (χ4v) is 3.00. The van der Waals surface area contributed by atoms with E-state index >= 15 is 0 Å². The Morgan fingerprint density at radius 1 is 1.32 bits per heavy atom. The van der Waals surface area contributed by atoms with Gasteiger partial charge in [-0.1, -0.05) is 13.3 Å². The van der Waals surface area contributed by atoms with E-state index in [9.17, 15) is 0 Å². The van der Waals surface area contributed by atoms with Crippen LogP contribution in [0.4, 0.5) is 23.1 Å². The Balaban J connectivity index is 1.91. The summed E-state index contributed by atoms with van der Waals surface area (Å²) in [6.07, 6.45) is 2.85. The lowest BCUT2D eigenvalue weighted by Crippen LogP contribution is -2.27. The molecule has 25 heavy (non-hydrogen) atoms. The van der Waals surface area contributed by atoms with Crippen molar-refractivity contribution in [3.63, 3.8) is 0 Å². The van der Waals surface area contributed by atoms with Crippen LogP contribution < -0.4 is 21.7 Å². The number of aromatic nitrogens is 2. The molecule has 0 radical (unpaired) electrons. The molecule has 0 amide bonds. The molecule has 7 heteroatoms. The zero-order valence-corrected chi connectivity index (χ0v) is 14.4. The van der Waals surface area contributed by atoms with Crippen molar-refractivity contribution in [2.24, 2.45) is 5.73 Å². The maximum Gasteiger partial charge on any atom is 0.229 e. The average molecular weight is 337 g/mol. The highest BCUT2D eigenvalue weighted by Gasteiger charge is 2.21. The highest BCUT2D eigenvalue weighted by atomic mass is 15.2. The van der Waals surface area contributed by atoms with Crippen LogP contribution in [0.3, 0.4) is 0 Å². The summed E-state index contributed by atoms with van der Waals surface area (Å²) in [5, 5.41) is 12.3. The molecule has 3 rings (SSSR count). The molecule has 0 aliphatic carbocycles. The first-order valence-electron chi connectivity index (χ1n) is 8.53. The van der Waals surface area contributed by atoms with Gasteiger partial charge in [0.05, 0.1) is 11.6 Å². The molecule has 1 aliphatic heterocycles. The van der Waals surface area contributed by atoms with Crippen LogP contribution in [0.25, 0.3) is 0 Å². The molecule has 1 fully saturated rings. The molecule has 0 spiro atoms. The second-order valence-corrected chi connectivity index (χ2v) is 6.37. The Kier molecular flexibility index (Phi) is 5.00. The molecule has 2 heterocycles. The van der Waals surface area contributed by atoms with Crippen LogP contribution in [0, 0.1) is 11.3 Å². The van der Waals surface area contributed by atoms with Gasteiger partial charge in [0.1, 0.15) is 5.82 Å². The normalized spacial score (nSPS) is 16.7. The van der Waals surface area contributed by atoms with Crippen LogP contribution in [-0.2, 0) is 6.42 Å². The van der Waals surface area contributed by atoms with Crippen molar-refractivity contribution in [2.75, 3.05) is 29.0 Å². The van der Waals surface area contributed by atoms with Gasteiger partial charge in [0.25, 0.3) is 0 Å². The first-order chi connectivity index (χ1) is 12.1. The number of nitrogens with two attached hydrogens (primary N) is 2. The molecule has 5 N–H and O–H groups in total. The van der Waals surface area contributed by atoms with Crippen molar-refractivity contribution >= 4 is 23.1 Å². The molecule has 0 bridgehead atoms. The van der Waals surface area contributed by atoms with Crippen LogP contribution in [0.1, 0.15) is 31.0 Å². The number of hydrogen-bond donors (Lipinski definition) is 3. The summed E-state index contributed by atoms with van der Waals surface area (Å²) in [7, 11) is 0. The van der Waals surface area contributed by atoms with E-state index in [1.54, 1.807) is 18.2 Å². The van der Waals surface area contributed by atoms with Gasteiger partial charge in [-0.05, 0) is 31.0 Å². The van der Waals surface area contributed by atoms with Gasteiger partial charge >= 0.3 is 0 Å². The molecule has 1 aromatic carbocycles. The van der Waals surface area contributed by atoms with E-state index in [0.29, 0.717) is 22.9 Å². The summed E-state index contributed by atoms with van der Waals surface area (Å²) >= 11 is 0. The van der Waals surface area contributed by atoms with E-state index in [-0.39, 0.29) is 6.04 Å². The van der Waals surface area contributed by atoms with Crippen LogP contribution in [0.15, 0.2) is 24.3 Å². The summed E-state index contributed by atoms with van der Waals surface area (Å²) in [5.74, 6) is 1.40. The fourth-order valence-electron chi connectivity index (χ4n) is 3.00. The molecule has 0 saturated carbocycles. The minimum atomic E-state index is 0.188. The van der Waals surface area contributed by atoms with E-state index < -0.39 is 0 Å². The second kappa shape index (κ2) is 7.36. The van der Waals surface area contributed by atoms with E-state index in [1.807, 2.05) is 6.07 Å². The predicted molar refractivity (Wildman–Crippen MR) is 99.7 cm³/mol. The minimum absolute atomic E-state index is 0.188. The van der Waals surface area contributed by atoms with Gasteiger partial charge in [-0.3, -0.25) is 0 Å². The van der Waals surface area contributed by atoms with Crippen molar-refractivity contribution in [2.45, 2.75) is 32.2 Å². The van der Waals surface area contributed by atoms with Gasteiger partial charge in [-0.15, -0.1) is 0 Å². The van der Waals surface area contributed by atoms with Gasteiger partial charge in [-0.2, -0.15) is 10.2 Å². The lowest BCUT2D eigenvalue weighted by atomic mass is 10.2. The Morgan fingerprint density at radius 3 is 2.84 bits per heavy atom. The number of nitrogens with zero attached hydrogens (tertiary/aromatic N) is 4. The first-order valence-corrected chi connectivity index (χ1v) is 8.53. The average Bonchev–Trinajstić information content (AvgIpc) is 3.01. The molecule has 1 aromatic heterocycles. The van der Waals surface area contributed by atoms with Crippen molar-refractivity contribution in [1.82, 2.24) is 9.97 Å². The van der Waals surface area contributed by atoms with Crippen LogP contribution in [-0.4, -0.2) is 29.1 Å². The second-order valence-electron chi connectivity index (χ2n) is 6.37. The van der Waals surface area contributed by atoms with E-state index in [2.05, 4.69) is 33.2 Å². The van der Waals surface area contributed by atoms with E-state index in [0.717, 1.165) is 43.9 Å². The molecular weight excluding hydrogens is 314 g/mol. The Morgan fingerprint density at radius 2 is 2.16 bits per heavy atom. The Hall–Kier alpha value is -2.85. The number of benzene rings is 1. The molecule has 7 nitrogen and oxygen atoms in total. The van der Waals surface area contributed by atoms with Crippen molar-refractivity contribution < 1.29 is 0 Å². The SMILES string of the molecule is CCCc1cc(N2CCC(N)C2)nc(Nc2cc(N)cc(C#N)c2)n1. The van der Waals surface area contributed by atoms with Crippen molar-refractivity contribution in [1.29, 1.82) is 5.26 Å². The van der Waals surface area contributed by atoms with Gasteiger partial charge in [-0.25, -0.2) is 4.98 Å². The van der Waals surface area contributed by atoms with Crippen molar-refractivity contribution in [3.05, 3.63) is 35.5 Å². The maximum atomic E-state index is 9.10. The van der Waals surface area contributed by atoms with Crippen molar-refractivity contribution in [3.8, 4) is 6.07 Å². The summed E-state index contributed by atoms with van der Waals surface area (Å²) in [6.45, 7) is 3.83. The molecule has 130 valence electrons. The van der Waals surface area contributed by atoms with Gasteiger partial charge < -0.3 is 21.7 Å². The first kappa shape index (κ1) is 17.0. The zero-order valence-electron chi connectivity index (χ0n) is 14.4. The smallest absolute Gasteiger partial charge is 0.229 e. The number of nitrogens with one attached hydrogen (secondary N) is 1. The van der Waals surface area contributed by atoms with Gasteiger partial charge in [0, 0.05) is 42.3 Å². The van der Waals surface area contributed by atoms with Crippen LogP contribution in [0.5, 0.6) is 0 Å². The number of aryl methyl sites for hydroxylation is 1. The quantitative estimate of drug-likeness (QED) is 0.716. The third-order valence-corrected chi connectivity index (χ3v) is 4.16. The Bertz CT molecular complexity index is 796.